The van der Waals surface area contributed by atoms with Crippen LogP contribution in [0, 0.1) is 0 Å². The fourth-order valence-electron chi connectivity index (χ4n) is 2.76. The molecule has 0 amide bonds. The smallest absolute Gasteiger partial charge is 0.305 e. The summed E-state index contributed by atoms with van der Waals surface area (Å²) in [6.45, 7) is 2.62. The molecule has 1 aromatic rings. The summed E-state index contributed by atoms with van der Waals surface area (Å²) < 4.78 is 25.1. The standard InChI is InChI=1S/C14H20N2O4S/c1-11-9-16(21(2,19)20)13(8-14(17)18)10-15(11)12-6-4-3-5-7-12/h3-7,11,13H,8-10H2,1-2H3,(H,17,18)/t11-,13-/m0/s1. The zero-order valence-corrected chi connectivity index (χ0v) is 13.0. The van der Waals surface area contributed by atoms with E-state index in [9.17, 15) is 13.2 Å². The Hall–Kier alpha value is -1.60. The molecular weight excluding hydrogens is 292 g/mol. The van der Waals surface area contributed by atoms with Crippen LogP contribution >= 0.6 is 0 Å². The number of nitrogens with zero attached hydrogens (tertiary/aromatic N) is 2. The molecule has 1 aliphatic heterocycles. The Morgan fingerprint density at radius 3 is 2.43 bits per heavy atom. The van der Waals surface area contributed by atoms with Gasteiger partial charge < -0.3 is 10.0 Å². The van der Waals surface area contributed by atoms with Crippen molar-refractivity contribution >= 4 is 21.7 Å². The Morgan fingerprint density at radius 2 is 1.90 bits per heavy atom. The van der Waals surface area contributed by atoms with Gasteiger partial charge in [-0.05, 0) is 19.1 Å². The van der Waals surface area contributed by atoms with E-state index in [4.69, 9.17) is 5.11 Å². The molecule has 7 heteroatoms. The van der Waals surface area contributed by atoms with Crippen LogP contribution in [0.25, 0.3) is 0 Å². The lowest BCUT2D eigenvalue weighted by Gasteiger charge is -2.44. The first-order valence-electron chi connectivity index (χ1n) is 6.79. The summed E-state index contributed by atoms with van der Waals surface area (Å²) in [5.41, 5.74) is 0.980. The van der Waals surface area contributed by atoms with Crippen molar-refractivity contribution < 1.29 is 18.3 Å². The minimum atomic E-state index is -3.42. The summed E-state index contributed by atoms with van der Waals surface area (Å²) in [5, 5.41) is 9.03. The minimum absolute atomic E-state index is 0.00725. The number of hydrogen-bond donors (Lipinski definition) is 1. The Balaban J connectivity index is 2.28. The van der Waals surface area contributed by atoms with Gasteiger partial charge in [0, 0.05) is 24.8 Å². The number of anilines is 1. The Labute approximate surface area is 125 Å². The van der Waals surface area contributed by atoms with E-state index in [1.54, 1.807) is 0 Å². The summed E-state index contributed by atoms with van der Waals surface area (Å²) in [7, 11) is -3.42. The predicted molar refractivity (Wildman–Crippen MR) is 80.8 cm³/mol. The molecule has 0 aliphatic carbocycles. The lowest BCUT2D eigenvalue weighted by Crippen LogP contribution is -2.59. The number of carboxylic acid groups (broad SMARTS) is 1. The molecule has 0 saturated carbocycles. The lowest BCUT2D eigenvalue weighted by atomic mass is 10.1. The summed E-state index contributed by atoms with van der Waals surface area (Å²) in [6, 6.07) is 9.08. The molecule has 1 aromatic carbocycles. The summed E-state index contributed by atoms with van der Waals surface area (Å²) in [6.07, 6.45) is 0.940. The first-order chi connectivity index (χ1) is 9.79. The number of carboxylic acids is 1. The summed E-state index contributed by atoms with van der Waals surface area (Å²) in [4.78, 5) is 13.1. The van der Waals surface area contributed by atoms with Crippen molar-refractivity contribution in [2.75, 3.05) is 24.2 Å². The maximum atomic E-state index is 11.9. The zero-order valence-electron chi connectivity index (χ0n) is 12.1. The van der Waals surface area contributed by atoms with Crippen LogP contribution in [0.5, 0.6) is 0 Å². The van der Waals surface area contributed by atoms with Crippen LogP contribution in [0.4, 0.5) is 5.69 Å². The second-order valence-electron chi connectivity index (χ2n) is 5.42. The monoisotopic (exact) mass is 312 g/mol. The number of rotatable bonds is 4. The fraction of sp³-hybridized carbons (Fsp3) is 0.500. The Bertz CT molecular complexity index is 603. The third-order valence-corrected chi connectivity index (χ3v) is 5.01. The molecule has 0 bridgehead atoms. The SMILES string of the molecule is C[C@H]1CN(S(C)(=O)=O)[C@@H](CC(=O)O)CN1c1ccccc1. The van der Waals surface area contributed by atoms with E-state index in [0.29, 0.717) is 13.1 Å². The van der Waals surface area contributed by atoms with Crippen LogP contribution < -0.4 is 4.90 Å². The molecule has 21 heavy (non-hydrogen) atoms. The van der Waals surface area contributed by atoms with Gasteiger partial charge in [-0.3, -0.25) is 4.79 Å². The summed E-state index contributed by atoms with van der Waals surface area (Å²) >= 11 is 0. The first kappa shape index (κ1) is 15.8. The molecule has 1 aliphatic rings. The van der Waals surface area contributed by atoms with Gasteiger partial charge in [0.25, 0.3) is 0 Å². The molecule has 1 heterocycles. The van der Waals surface area contributed by atoms with Crippen LogP contribution in [-0.2, 0) is 14.8 Å². The van der Waals surface area contributed by atoms with Gasteiger partial charge in [0.15, 0.2) is 0 Å². The van der Waals surface area contributed by atoms with Crippen molar-refractivity contribution in [1.29, 1.82) is 0 Å². The molecule has 1 N–H and O–H groups in total. The van der Waals surface area contributed by atoms with Gasteiger partial charge in [0.1, 0.15) is 0 Å². The number of benzene rings is 1. The van der Waals surface area contributed by atoms with Gasteiger partial charge >= 0.3 is 5.97 Å². The molecule has 1 fully saturated rings. The minimum Gasteiger partial charge on any atom is -0.481 e. The van der Waals surface area contributed by atoms with E-state index in [1.165, 1.54) is 4.31 Å². The third-order valence-electron chi connectivity index (χ3n) is 3.72. The molecule has 0 aromatic heterocycles. The molecule has 1 saturated heterocycles. The maximum absolute atomic E-state index is 11.9. The maximum Gasteiger partial charge on any atom is 0.305 e. The molecule has 2 atom stereocenters. The second-order valence-corrected chi connectivity index (χ2v) is 7.36. The van der Waals surface area contributed by atoms with Crippen LogP contribution in [0.3, 0.4) is 0 Å². The van der Waals surface area contributed by atoms with Gasteiger partial charge in [-0.2, -0.15) is 4.31 Å². The molecular formula is C14H20N2O4S. The number of para-hydroxylation sites is 1. The van der Waals surface area contributed by atoms with Crippen molar-refractivity contribution in [2.24, 2.45) is 0 Å². The average molecular weight is 312 g/mol. The van der Waals surface area contributed by atoms with E-state index in [1.807, 2.05) is 37.3 Å². The van der Waals surface area contributed by atoms with Gasteiger partial charge in [0.05, 0.1) is 18.7 Å². The number of sulfonamides is 1. The van der Waals surface area contributed by atoms with E-state index in [-0.39, 0.29) is 12.5 Å². The fourth-order valence-corrected chi connectivity index (χ4v) is 3.93. The van der Waals surface area contributed by atoms with Crippen LogP contribution in [0.2, 0.25) is 0 Å². The largest absolute Gasteiger partial charge is 0.481 e. The van der Waals surface area contributed by atoms with Crippen molar-refractivity contribution in [3.05, 3.63) is 30.3 Å². The highest BCUT2D eigenvalue weighted by Crippen LogP contribution is 2.25. The number of carbonyl (C=O) groups is 1. The van der Waals surface area contributed by atoms with E-state index in [2.05, 4.69) is 4.90 Å². The quantitative estimate of drug-likeness (QED) is 0.897. The Kier molecular flexibility index (Phi) is 4.53. The van der Waals surface area contributed by atoms with Crippen LogP contribution in [0.1, 0.15) is 13.3 Å². The molecule has 116 valence electrons. The Morgan fingerprint density at radius 1 is 1.29 bits per heavy atom. The van der Waals surface area contributed by atoms with Gasteiger partial charge in [0.2, 0.25) is 10.0 Å². The predicted octanol–water partition coefficient (Wildman–Crippen LogP) is 1.00. The molecule has 6 nitrogen and oxygen atoms in total. The highest BCUT2D eigenvalue weighted by Gasteiger charge is 2.37. The van der Waals surface area contributed by atoms with E-state index >= 15 is 0 Å². The molecule has 0 unspecified atom stereocenters. The van der Waals surface area contributed by atoms with Crippen molar-refractivity contribution in [3.63, 3.8) is 0 Å². The molecule has 0 radical (unpaired) electrons. The number of hydrogen-bond acceptors (Lipinski definition) is 4. The van der Waals surface area contributed by atoms with Crippen molar-refractivity contribution in [1.82, 2.24) is 4.31 Å². The van der Waals surface area contributed by atoms with Crippen LogP contribution in [-0.4, -0.2) is 55.2 Å². The third kappa shape index (κ3) is 3.74. The topological polar surface area (TPSA) is 77.9 Å². The number of aliphatic carboxylic acids is 1. The highest BCUT2D eigenvalue weighted by molar-refractivity contribution is 7.88. The molecule has 2 rings (SSSR count). The van der Waals surface area contributed by atoms with E-state index in [0.717, 1.165) is 11.9 Å². The van der Waals surface area contributed by atoms with Crippen molar-refractivity contribution in [2.45, 2.75) is 25.4 Å². The summed E-state index contributed by atoms with van der Waals surface area (Å²) in [5.74, 6) is -0.990. The van der Waals surface area contributed by atoms with E-state index < -0.39 is 22.0 Å². The average Bonchev–Trinajstić information content (AvgIpc) is 2.39. The highest BCUT2D eigenvalue weighted by atomic mass is 32.2. The van der Waals surface area contributed by atoms with Crippen molar-refractivity contribution in [3.8, 4) is 0 Å². The molecule has 0 spiro atoms. The van der Waals surface area contributed by atoms with Gasteiger partial charge in [-0.1, -0.05) is 18.2 Å². The number of piperazine rings is 1. The zero-order chi connectivity index (χ0) is 15.6. The van der Waals surface area contributed by atoms with Gasteiger partial charge in [-0.25, -0.2) is 8.42 Å². The first-order valence-corrected chi connectivity index (χ1v) is 8.64. The lowest BCUT2D eigenvalue weighted by molar-refractivity contribution is -0.138. The normalized spacial score (nSPS) is 24.0. The van der Waals surface area contributed by atoms with Crippen LogP contribution in [0.15, 0.2) is 30.3 Å². The van der Waals surface area contributed by atoms with Gasteiger partial charge in [-0.15, -0.1) is 0 Å². The second kappa shape index (κ2) is 6.03.